The number of ketones is 1. The second-order valence-electron chi connectivity index (χ2n) is 2.31. The van der Waals surface area contributed by atoms with Crippen molar-refractivity contribution in [1.29, 1.82) is 0 Å². The van der Waals surface area contributed by atoms with Crippen molar-refractivity contribution < 1.29 is 9.53 Å². The maximum absolute atomic E-state index is 10.5. The molecule has 1 spiro atoms. The van der Waals surface area contributed by atoms with Gasteiger partial charge in [0.1, 0.15) is 5.60 Å². The maximum Gasteiger partial charge on any atom is 0.178 e. The third kappa shape index (κ3) is 0.715. The highest BCUT2D eigenvalue weighted by molar-refractivity contribution is 6.00. The topological polar surface area (TPSA) is 29.6 Å². The molecule has 1 heterocycles. The summed E-state index contributed by atoms with van der Waals surface area (Å²) < 4.78 is 5.06. The molecule has 9 heavy (non-hydrogen) atoms. The molecule has 0 aromatic rings. The molecule has 0 aromatic heterocycles. The molecule has 0 unspecified atom stereocenters. The summed E-state index contributed by atoms with van der Waals surface area (Å²) in [6, 6.07) is 0. The Hall–Kier alpha value is -0.890. The summed E-state index contributed by atoms with van der Waals surface area (Å²) in [4.78, 5) is 10.5. The minimum absolute atomic E-state index is 0.0520. The van der Waals surface area contributed by atoms with Crippen LogP contribution in [0.1, 0.15) is 0 Å². The van der Waals surface area contributed by atoms with Crippen LogP contribution in [-0.4, -0.2) is 18.0 Å². The number of ether oxygens (including phenoxy) is 1. The van der Waals surface area contributed by atoms with Crippen molar-refractivity contribution in [3.05, 3.63) is 24.3 Å². The quantitative estimate of drug-likeness (QED) is 0.436. The van der Waals surface area contributed by atoms with E-state index in [2.05, 4.69) is 0 Å². The van der Waals surface area contributed by atoms with Gasteiger partial charge in [0.15, 0.2) is 5.78 Å². The fourth-order valence-corrected chi connectivity index (χ4v) is 0.833. The molecule has 46 valence electrons. The number of carbonyl (C=O) groups excluding carboxylic acids is 1. The molecule has 2 aliphatic rings. The standard InChI is InChI=1S/C7H6O2/c8-6-1-3-7(4-2-6)5-9-7/h1-4H,5H2. The lowest BCUT2D eigenvalue weighted by atomic mass is 10.0. The summed E-state index contributed by atoms with van der Waals surface area (Å²) in [6.45, 7) is 0.729. The van der Waals surface area contributed by atoms with Crippen molar-refractivity contribution in [3.63, 3.8) is 0 Å². The molecule has 0 N–H and O–H groups in total. The molecule has 0 atom stereocenters. The summed E-state index contributed by atoms with van der Waals surface area (Å²) in [5.41, 5.74) is -0.173. The molecule has 0 amide bonds. The van der Waals surface area contributed by atoms with Gasteiger partial charge in [-0.2, -0.15) is 0 Å². The average molecular weight is 122 g/mol. The number of hydrogen-bond acceptors (Lipinski definition) is 2. The van der Waals surface area contributed by atoms with Crippen LogP contribution < -0.4 is 0 Å². The largest absolute Gasteiger partial charge is 0.361 e. The Morgan fingerprint density at radius 1 is 1.44 bits per heavy atom. The molecule has 2 heteroatoms. The van der Waals surface area contributed by atoms with E-state index < -0.39 is 0 Å². The lowest BCUT2D eigenvalue weighted by Gasteiger charge is -2.00. The Morgan fingerprint density at radius 2 is 2.00 bits per heavy atom. The van der Waals surface area contributed by atoms with E-state index in [0.29, 0.717) is 0 Å². The van der Waals surface area contributed by atoms with Crippen molar-refractivity contribution in [1.82, 2.24) is 0 Å². The second-order valence-corrected chi connectivity index (χ2v) is 2.31. The molecule has 1 aliphatic heterocycles. The number of carbonyl (C=O) groups is 1. The van der Waals surface area contributed by atoms with Gasteiger partial charge in [0.05, 0.1) is 6.61 Å². The Labute approximate surface area is 52.8 Å². The van der Waals surface area contributed by atoms with E-state index in [1.807, 2.05) is 0 Å². The molecule has 2 nitrogen and oxygen atoms in total. The smallest absolute Gasteiger partial charge is 0.178 e. The zero-order valence-corrected chi connectivity index (χ0v) is 4.83. The van der Waals surface area contributed by atoms with Crippen LogP contribution in [0.4, 0.5) is 0 Å². The summed E-state index contributed by atoms with van der Waals surface area (Å²) in [5, 5.41) is 0. The van der Waals surface area contributed by atoms with Gasteiger partial charge in [-0.3, -0.25) is 4.79 Å². The molecule has 1 aliphatic carbocycles. The highest BCUT2D eigenvalue weighted by Crippen LogP contribution is 2.31. The minimum Gasteiger partial charge on any atom is -0.361 e. The molecular formula is C7H6O2. The summed E-state index contributed by atoms with van der Waals surface area (Å²) in [5.74, 6) is 0.0520. The molecular weight excluding hydrogens is 116 g/mol. The normalized spacial score (nSPS) is 27.3. The Morgan fingerprint density at radius 3 is 2.44 bits per heavy atom. The van der Waals surface area contributed by atoms with Crippen molar-refractivity contribution in [2.45, 2.75) is 5.60 Å². The molecule has 1 fully saturated rings. The lowest BCUT2D eigenvalue weighted by molar-refractivity contribution is -0.110. The first kappa shape index (κ1) is 4.94. The predicted molar refractivity (Wildman–Crippen MR) is 32.0 cm³/mol. The highest BCUT2D eigenvalue weighted by atomic mass is 16.6. The predicted octanol–water partition coefficient (Wildman–Crippen LogP) is 0.450. The summed E-state index contributed by atoms with van der Waals surface area (Å²) >= 11 is 0. The Balaban J connectivity index is 2.28. The molecule has 2 rings (SSSR count). The van der Waals surface area contributed by atoms with Gasteiger partial charge in [-0.05, 0) is 24.3 Å². The monoisotopic (exact) mass is 122 g/mol. The first-order chi connectivity index (χ1) is 4.31. The SMILES string of the molecule is O=C1C=CC2(C=C1)CO2. The summed E-state index contributed by atoms with van der Waals surface area (Å²) in [7, 11) is 0. The Bertz CT molecular complexity index is 191. The van der Waals surface area contributed by atoms with Gasteiger partial charge in [-0.1, -0.05) is 0 Å². The van der Waals surface area contributed by atoms with Crippen LogP contribution in [0.5, 0.6) is 0 Å². The van der Waals surface area contributed by atoms with E-state index >= 15 is 0 Å². The van der Waals surface area contributed by atoms with Gasteiger partial charge in [0.2, 0.25) is 0 Å². The van der Waals surface area contributed by atoms with E-state index in [0.717, 1.165) is 6.61 Å². The number of rotatable bonds is 0. The first-order valence-electron chi connectivity index (χ1n) is 2.87. The first-order valence-corrected chi connectivity index (χ1v) is 2.87. The fourth-order valence-electron chi connectivity index (χ4n) is 0.833. The van der Waals surface area contributed by atoms with E-state index in [4.69, 9.17) is 4.74 Å². The Kier molecular flexibility index (Phi) is 0.732. The fraction of sp³-hybridized carbons (Fsp3) is 0.286. The third-order valence-electron chi connectivity index (χ3n) is 1.54. The number of hydrogen-bond donors (Lipinski definition) is 0. The maximum atomic E-state index is 10.5. The van der Waals surface area contributed by atoms with Crippen molar-refractivity contribution in [2.75, 3.05) is 6.61 Å². The molecule has 0 saturated carbocycles. The zero-order valence-electron chi connectivity index (χ0n) is 4.83. The van der Waals surface area contributed by atoms with E-state index in [1.54, 1.807) is 24.3 Å². The van der Waals surface area contributed by atoms with Gasteiger partial charge in [0.25, 0.3) is 0 Å². The van der Waals surface area contributed by atoms with Crippen LogP contribution in [0.3, 0.4) is 0 Å². The van der Waals surface area contributed by atoms with Crippen LogP contribution in [0.2, 0.25) is 0 Å². The van der Waals surface area contributed by atoms with Crippen molar-refractivity contribution in [2.24, 2.45) is 0 Å². The molecule has 0 aromatic carbocycles. The van der Waals surface area contributed by atoms with Gasteiger partial charge in [-0.15, -0.1) is 0 Å². The van der Waals surface area contributed by atoms with Crippen LogP contribution >= 0.6 is 0 Å². The van der Waals surface area contributed by atoms with E-state index in [1.165, 1.54) is 0 Å². The van der Waals surface area contributed by atoms with E-state index in [-0.39, 0.29) is 11.4 Å². The summed E-state index contributed by atoms with van der Waals surface area (Å²) in [6.07, 6.45) is 6.70. The average Bonchev–Trinajstić information content (AvgIpc) is 2.60. The highest BCUT2D eigenvalue weighted by Gasteiger charge is 2.40. The molecule has 0 radical (unpaired) electrons. The van der Waals surface area contributed by atoms with Crippen molar-refractivity contribution in [3.8, 4) is 0 Å². The lowest BCUT2D eigenvalue weighted by Crippen LogP contribution is -2.07. The van der Waals surface area contributed by atoms with Crippen LogP contribution in [-0.2, 0) is 9.53 Å². The van der Waals surface area contributed by atoms with Gasteiger partial charge in [0, 0.05) is 0 Å². The van der Waals surface area contributed by atoms with E-state index in [9.17, 15) is 4.79 Å². The third-order valence-corrected chi connectivity index (χ3v) is 1.54. The molecule has 0 bridgehead atoms. The van der Waals surface area contributed by atoms with Crippen LogP contribution in [0.15, 0.2) is 24.3 Å². The zero-order chi connectivity index (χ0) is 6.32. The molecule has 1 saturated heterocycles. The number of allylic oxidation sites excluding steroid dienone is 2. The van der Waals surface area contributed by atoms with Crippen LogP contribution in [0.25, 0.3) is 0 Å². The van der Waals surface area contributed by atoms with Crippen molar-refractivity contribution >= 4 is 5.78 Å². The second kappa shape index (κ2) is 1.33. The number of epoxide rings is 1. The van der Waals surface area contributed by atoms with Gasteiger partial charge in [-0.25, -0.2) is 0 Å². The van der Waals surface area contributed by atoms with Crippen LogP contribution in [0, 0.1) is 0 Å². The van der Waals surface area contributed by atoms with Gasteiger partial charge >= 0.3 is 0 Å². The van der Waals surface area contributed by atoms with Gasteiger partial charge < -0.3 is 4.74 Å². The minimum atomic E-state index is -0.173.